The fourth-order valence-corrected chi connectivity index (χ4v) is 1.63. The molecular weight excluding hydrogens is 255 g/mol. The molecule has 1 saturated heterocycles. The van der Waals surface area contributed by atoms with Crippen molar-refractivity contribution in [3.63, 3.8) is 0 Å². The van der Waals surface area contributed by atoms with Crippen molar-refractivity contribution in [2.45, 2.75) is 12.5 Å². The van der Waals surface area contributed by atoms with Crippen LogP contribution in [0, 0.1) is 5.82 Å². The molecule has 0 saturated carbocycles. The zero-order valence-corrected chi connectivity index (χ0v) is 10.0. The fourth-order valence-electron chi connectivity index (χ4n) is 1.63. The Kier molecular flexibility index (Phi) is 3.41. The van der Waals surface area contributed by atoms with E-state index in [-0.39, 0.29) is 18.1 Å². The number of imide groups is 1. The van der Waals surface area contributed by atoms with Gasteiger partial charge < -0.3 is 5.32 Å². The molecule has 0 aromatic carbocycles. The SMILES string of the molecule is CN1C(=O)C[C@@H](NC(=O)Nc2ccc(F)cn2)C1=O. The molecule has 1 aromatic heterocycles. The highest BCUT2D eigenvalue weighted by atomic mass is 19.1. The van der Waals surface area contributed by atoms with Crippen LogP contribution in [0.25, 0.3) is 0 Å². The van der Waals surface area contributed by atoms with E-state index < -0.39 is 23.8 Å². The number of carbonyl (C=O) groups is 3. The summed E-state index contributed by atoms with van der Waals surface area (Å²) in [7, 11) is 1.35. The van der Waals surface area contributed by atoms with Gasteiger partial charge in [-0.2, -0.15) is 0 Å². The van der Waals surface area contributed by atoms with E-state index in [1.54, 1.807) is 0 Å². The Morgan fingerprint density at radius 3 is 2.74 bits per heavy atom. The third kappa shape index (κ3) is 2.84. The molecule has 7 nitrogen and oxygen atoms in total. The van der Waals surface area contributed by atoms with Crippen LogP contribution in [0.15, 0.2) is 18.3 Å². The van der Waals surface area contributed by atoms with Gasteiger partial charge in [-0.05, 0) is 12.1 Å². The second-order valence-electron chi connectivity index (χ2n) is 4.01. The summed E-state index contributed by atoms with van der Waals surface area (Å²) >= 11 is 0. The van der Waals surface area contributed by atoms with Gasteiger partial charge in [-0.25, -0.2) is 14.2 Å². The van der Waals surface area contributed by atoms with Gasteiger partial charge in [-0.1, -0.05) is 0 Å². The van der Waals surface area contributed by atoms with E-state index in [0.29, 0.717) is 0 Å². The monoisotopic (exact) mass is 266 g/mol. The minimum absolute atomic E-state index is 0.0698. The fraction of sp³-hybridized carbons (Fsp3) is 0.273. The Bertz CT molecular complexity index is 531. The number of rotatable bonds is 2. The van der Waals surface area contributed by atoms with Crippen LogP contribution >= 0.6 is 0 Å². The summed E-state index contributed by atoms with van der Waals surface area (Å²) in [5.41, 5.74) is 0. The number of nitrogens with one attached hydrogen (secondary N) is 2. The zero-order chi connectivity index (χ0) is 14.0. The molecule has 1 atom stereocenters. The van der Waals surface area contributed by atoms with Crippen LogP contribution in [0.3, 0.4) is 0 Å². The average Bonchev–Trinajstić information content (AvgIpc) is 2.60. The molecule has 1 aliphatic rings. The van der Waals surface area contributed by atoms with Crippen molar-refractivity contribution >= 4 is 23.7 Å². The number of nitrogens with zero attached hydrogens (tertiary/aromatic N) is 2. The van der Waals surface area contributed by atoms with Crippen LogP contribution in [0.2, 0.25) is 0 Å². The van der Waals surface area contributed by atoms with Crippen molar-refractivity contribution < 1.29 is 18.8 Å². The molecule has 0 spiro atoms. The van der Waals surface area contributed by atoms with Gasteiger partial charge >= 0.3 is 6.03 Å². The van der Waals surface area contributed by atoms with E-state index in [1.807, 2.05) is 0 Å². The molecule has 0 aliphatic carbocycles. The summed E-state index contributed by atoms with van der Waals surface area (Å²) < 4.78 is 12.6. The minimum atomic E-state index is -0.877. The van der Waals surface area contributed by atoms with Gasteiger partial charge in [0.25, 0.3) is 5.91 Å². The quantitative estimate of drug-likeness (QED) is 0.743. The third-order valence-electron chi connectivity index (χ3n) is 2.66. The summed E-state index contributed by atoms with van der Waals surface area (Å²) in [6.07, 6.45) is 0.882. The molecule has 100 valence electrons. The lowest BCUT2D eigenvalue weighted by atomic mass is 10.2. The summed E-state index contributed by atoms with van der Waals surface area (Å²) in [4.78, 5) is 39.0. The lowest BCUT2D eigenvalue weighted by Crippen LogP contribution is -2.42. The Morgan fingerprint density at radius 2 is 2.21 bits per heavy atom. The largest absolute Gasteiger partial charge is 0.325 e. The van der Waals surface area contributed by atoms with Crippen molar-refractivity contribution in [1.29, 1.82) is 0 Å². The highest BCUT2D eigenvalue weighted by molar-refractivity contribution is 6.07. The first kappa shape index (κ1) is 12.9. The van der Waals surface area contributed by atoms with Gasteiger partial charge in [0.1, 0.15) is 17.7 Å². The number of anilines is 1. The maximum Gasteiger partial charge on any atom is 0.321 e. The molecule has 2 rings (SSSR count). The molecule has 8 heteroatoms. The second kappa shape index (κ2) is 5.01. The maximum atomic E-state index is 12.6. The van der Waals surface area contributed by atoms with Crippen LogP contribution in [0.4, 0.5) is 15.0 Å². The predicted molar refractivity (Wildman–Crippen MR) is 62.5 cm³/mol. The number of amides is 4. The molecule has 0 unspecified atom stereocenters. The van der Waals surface area contributed by atoms with Gasteiger partial charge in [-0.3, -0.25) is 19.8 Å². The molecule has 4 amide bonds. The number of hydrogen-bond donors (Lipinski definition) is 2. The van der Waals surface area contributed by atoms with Crippen LogP contribution in [0.1, 0.15) is 6.42 Å². The molecule has 0 radical (unpaired) electrons. The minimum Gasteiger partial charge on any atom is -0.325 e. The van der Waals surface area contributed by atoms with E-state index >= 15 is 0 Å². The molecule has 1 fully saturated rings. The number of aromatic nitrogens is 1. The number of hydrogen-bond acceptors (Lipinski definition) is 4. The van der Waals surface area contributed by atoms with Crippen molar-refractivity contribution in [1.82, 2.24) is 15.2 Å². The average molecular weight is 266 g/mol. The molecule has 1 aliphatic heterocycles. The topological polar surface area (TPSA) is 91.4 Å². The van der Waals surface area contributed by atoms with E-state index in [2.05, 4.69) is 15.6 Å². The van der Waals surface area contributed by atoms with Crippen molar-refractivity contribution in [2.24, 2.45) is 0 Å². The van der Waals surface area contributed by atoms with E-state index in [0.717, 1.165) is 17.2 Å². The van der Waals surface area contributed by atoms with Crippen LogP contribution in [0.5, 0.6) is 0 Å². The first-order valence-corrected chi connectivity index (χ1v) is 5.47. The number of carbonyl (C=O) groups excluding carboxylic acids is 3. The summed E-state index contributed by atoms with van der Waals surface area (Å²) in [5.74, 6) is -1.20. The maximum absolute atomic E-state index is 12.6. The summed E-state index contributed by atoms with van der Waals surface area (Å²) in [6, 6.07) is 0.863. The van der Waals surface area contributed by atoms with Crippen LogP contribution in [-0.4, -0.2) is 40.8 Å². The smallest absolute Gasteiger partial charge is 0.321 e. The lowest BCUT2D eigenvalue weighted by Gasteiger charge is -2.11. The van der Waals surface area contributed by atoms with Gasteiger partial charge in [0.15, 0.2) is 0 Å². The molecule has 2 N–H and O–H groups in total. The predicted octanol–water partition coefficient (Wildman–Crippen LogP) is 0.0995. The van der Waals surface area contributed by atoms with Gasteiger partial charge in [-0.15, -0.1) is 0 Å². The lowest BCUT2D eigenvalue weighted by molar-refractivity contribution is -0.137. The van der Waals surface area contributed by atoms with Crippen LogP contribution in [-0.2, 0) is 9.59 Å². The van der Waals surface area contributed by atoms with E-state index in [4.69, 9.17) is 0 Å². The zero-order valence-electron chi connectivity index (χ0n) is 10.0. The number of likely N-dealkylation sites (tertiary alicyclic amines) is 1. The highest BCUT2D eigenvalue weighted by Crippen LogP contribution is 2.11. The molecule has 0 bridgehead atoms. The Balaban J connectivity index is 1.93. The molecule has 19 heavy (non-hydrogen) atoms. The first-order valence-electron chi connectivity index (χ1n) is 5.47. The Hall–Kier alpha value is -2.51. The summed E-state index contributed by atoms with van der Waals surface area (Å²) in [6.45, 7) is 0. The van der Waals surface area contributed by atoms with E-state index in [1.165, 1.54) is 13.1 Å². The van der Waals surface area contributed by atoms with Crippen molar-refractivity contribution in [3.05, 3.63) is 24.1 Å². The standard InChI is InChI=1S/C11H11FN4O3/c1-16-9(17)4-7(10(16)18)14-11(19)15-8-3-2-6(12)5-13-8/h2-3,5,7H,4H2,1H3,(H2,13,14,15,19)/t7-/m1/s1. The van der Waals surface area contributed by atoms with Gasteiger partial charge in [0.05, 0.1) is 12.6 Å². The highest BCUT2D eigenvalue weighted by Gasteiger charge is 2.36. The molecule has 1 aromatic rings. The first-order chi connectivity index (χ1) is 8.97. The molecular formula is C11H11FN4O3. The van der Waals surface area contributed by atoms with Crippen molar-refractivity contribution in [2.75, 3.05) is 12.4 Å². The number of likely N-dealkylation sites (N-methyl/N-ethyl adjacent to an activating group) is 1. The normalized spacial score (nSPS) is 18.6. The summed E-state index contributed by atoms with van der Waals surface area (Å²) in [5, 5.41) is 4.69. The number of halogens is 1. The number of urea groups is 1. The van der Waals surface area contributed by atoms with Crippen LogP contribution < -0.4 is 10.6 Å². The van der Waals surface area contributed by atoms with Gasteiger partial charge in [0.2, 0.25) is 5.91 Å². The molecule has 2 heterocycles. The van der Waals surface area contributed by atoms with Crippen molar-refractivity contribution in [3.8, 4) is 0 Å². The number of pyridine rings is 1. The Morgan fingerprint density at radius 1 is 1.47 bits per heavy atom. The van der Waals surface area contributed by atoms with Gasteiger partial charge in [0, 0.05) is 7.05 Å². The van der Waals surface area contributed by atoms with E-state index in [9.17, 15) is 18.8 Å². The second-order valence-corrected chi connectivity index (χ2v) is 4.01. The third-order valence-corrected chi connectivity index (χ3v) is 2.66. The Labute approximate surface area is 107 Å².